The van der Waals surface area contributed by atoms with Crippen molar-refractivity contribution in [3.63, 3.8) is 0 Å². The Bertz CT molecular complexity index is 432. The van der Waals surface area contributed by atoms with Gasteiger partial charge in [-0.1, -0.05) is 6.07 Å². The van der Waals surface area contributed by atoms with Gasteiger partial charge in [0, 0.05) is 19.9 Å². The van der Waals surface area contributed by atoms with Gasteiger partial charge in [0.2, 0.25) is 5.91 Å². The van der Waals surface area contributed by atoms with Crippen molar-refractivity contribution in [2.24, 2.45) is 5.84 Å². The molecule has 1 aromatic rings. The molecule has 18 heavy (non-hydrogen) atoms. The van der Waals surface area contributed by atoms with E-state index >= 15 is 0 Å². The Labute approximate surface area is 106 Å². The first-order chi connectivity index (χ1) is 8.66. The van der Waals surface area contributed by atoms with Crippen LogP contribution in [0.3, 0.4) is 0 Å². The molecule has 0 spiro atoms. The number of nitrogens with zero attached hydrogens (tertiary/aromatic N) is 1. The van der Waals surface area contributed by atoms with Crippen LogP contribution in [0.15, 0.2) is 18.2 Å². The van der Waals surface area contributed by atoms with E-state index in [9.17, 15) is 4.79 Å². The first-order valence-corrected chi connectivity index (χ1v) is 6.06. The number of amides is 1. The number of hydrogen-bond acceptors (Lipinski definition) is 4. The molecule has 0 saturated heterocycles. The maximum absolute atomic E-state index is 11.4. The van der Waals surface area contributed by atoms with Gasteiger partial charge in [-0.05, 0) is 24.1 Å². The molecule has 0 radical (unpaired) electrons. The van der Waals surface area contributed by atoms with Crippen molar-refractivity contribution in [1.29, 1.82) is 0 Å². The lowest BCUT2D eigenvalue weighted by Gasteiger charge is -2.11. The summed E-state index contributed by atoms with van der Waals surface area (Å²) in [5.74, 6) is 6.83. The normalized spacial score (nSPS) is 13.9. The van der Waals surface area contributed by atoms with E-state index in [4.69, 9.17) is 15.3 Å². The SMILES string of the molecule is CN(N)C(=O)CCc1ccc2c(c1)OCCCO2. The molecule has 5 heteroatoms. The number of nitrogens with two attached hydrogens (primary N) is 1. The predicted octanol–water partition coefficient (Wildman–Crippen LogP) is 1.11. The van der Waals surface area contributed by atoms with Gasteiger partial charge in [-0.3, -0.25) is 9.80 Å². The van der Waals surface area contributed by atoms with Crippen molar-refractivity contribution in [2.45, 2.75) is 19.3 Å². The molecule has 0 aliphatic carbocycles. The Kier molecular flexibility index (Phi) is 4.04. The molecule has 1 amide bonds. The average molecular weight is 250 g/mol. The highest BCUT2D eigenvalue weighted by molar-refractivity contribution is 5.75. The van der Waals surface area contributed by atoms with Gasteiger partial charge in [0.25, 0.3) is 0 Å². The highest BCUT2D eigenvalue weighted by Crippen LogP contribution is 2.30. The molecule has 0 unspecified atom stereocenters. The fourth-order valence-corrected chi connectivity index (χ4v) is 1.79. The molecule has 1 heterocycles. The van der Waals surface area contributed by atoms with Gasteiger partial charge in [-0.25, -0.2) is 5.84 Å². The molecule has 2 rings (SSSR count). The van der Waals surface area contributed by atoms with Crippen molar-refractivity contribution in [3.8, 4) is 11.5 Å². The molecular weight excluding hydrogens is 232 g/mol. The molecule has 0 bridgehead atoms. The third-order valence-corrected chi connectivity index (χ3v) is 2.83. The monoisotopic (exact) mass is 250 g/mol. The maximum Gasteiger partial charge on any atom is 0.236 e. The second kappa shape index (κ2) is 5.73. The average Bonchev–Trinajstić information content (AvgIpc) is 2.60. The second-order valence-electron chi connectivity index (χ2n) is 4.34. The van der Waals surface area contributed by atoms with Gasteiger partial charge in [-0.2, -0.15) is 0 Å². The zero-order valence-electron chi connectivity index (χ0n) is 10.5. The lowest BCUT2D eigenvalue weighted by atomic mass is 10.1. The van der Waals surface area contributed by atoms with Crippen LogP contribution in [-0.4, -0.2) is 31.2 Å². The van der Waals surface area contributed by atoms with Gasteiger partial charge in [0.05, 0.1) is 13.2 Å². The summed E-state index contributed by atoms with van der Waals surface area (Å²) in [6, 6.07) is 5.79. The number of carbonyl (C=O) groups excluding carboxylic acids is 1. The summed E-state index contributed by atoms with van der Waals surface area (Å²) in [6.07, 6.45) is 1.93. The number of hydrazine groups is 1. The van der Waals surface area contributed by atoms with Crippen LogP contribution in [-0.2, 0) is 11.2 Å². The minimum atomic E-state index is -0.0814. The molecule has 1 aliphatic rings. The van der Waals surface area contributed by atoms with E-state index in [1.54, 1.807) is 7.05 Å². The Morgan fingerprint density at radius 1 is 1.33 bits per heavy atom. The first kappa shape index (κ1) is 12.7. The summed E-state index contributed by atoms with van der Waals surface area (Å²) in [4.78, 5) is 11.4. The van der Waals surface area contributed by atoms with Crippen molar-refractivity contribution in [3.05, 3.63) is 23.8 Å². The molecule has 1 aromatic carbocycles. The van der Waals surface area contributed by atoms with E-state index in [2.05, 4.69) is 0 Å². The standard InChI is InChI=1S/C13H18N2O3/c1-15(14)13(16)6-4-10-3-5-11-12(9-10)18-8-2-7-17-11/h3,5,9H,2,4,6-8,14H2,1H3. The molecule has 1 aliphatic heterocycles. The molecular formula is C13H18N2O3. The fraction of sp³-hybridized carbons (Fsp3) is 0.462. The van der Waals surface area contributed by atoms with E-state index in [-0.39, 0.29) is 5.91 Å². The van der Waals surface area contributed by atoms with Crippen LogP contribution in [0.1, 0.15) is 18.4 Å². The van der Waals surface area contributed by atoms with E-state index < -0.39 is 0 Å². The maximum atomic E-state index is 11.4. The zero-order chi connectivity index (χ0) is 13.0. The third kappa shape index (κ3) is 3.13. The number of hydrogen-bond donors (Lipinski definition) is 1. The highest BCUT2D eigenvalue weighted by Gasteiger charge is 2.11. The van der Waals surface area contributed by atoms with Crippen molar-refractivity contribution >= 4 is 5.91 Å². The minimum Gasteiger partial charge on any atom is -0.490 e. The number of fused-ring (bicyclic) bond motifs is 1. The minimum absolute atomic E-state index is 0.0814. The summed E-state index contributed by atoms with van der Waals surface area (Å²) in [5, 5.41) is 1.11. The van der Waals surface area contributed by atoms with Gasteiger partial charge >= 0.3 is 0 Å². The molecule has 5 nitrogen and oxygen atoms in total. The Hall–Kier alpha value is -1.75. The number of ether oxygens (including phenoxy) is 2. The molecule has 98 valence electrons. The number of rotatable bonds is 3. The lowest BCUT2D eigenvalue weighted by molar-refractivity contribution is -0.130. The second-order valence-corrected chi connectivity index (χ2v) is 4.34. The molecule has 0 aromatic heterocycles. The quantitative estimate of drug-likeness (QED) is 0.496. The van der Waals surface area contributed by atoms with Gasteiger partial charge < -0.3 is 9.47 Å². The first-order valence-electron chi connectivity index (χ1n) is 6.06. The van der Waals surface area contributed by atoms with Crippen molar-refractivity contribution in [1.82, 2.24) is 5.01 Å². The van der Waals surface area contributed by atoms with Gasteiger partial charge in [0.1, 0.15) is 0 Å². The largest absolute Gasteiger partial charge is 0.490 e. The lowest BCUT2D eigenvalue weighted by Crippen LogP contribution is -2.33. The van der Waals surface area contributed by atoms with Crippen LogP contribution in [0.4, 0.5) is 0 Å². The Morgan fingerprint density at radius 2 is 2.06 bits per heavy atom. The van der Waals surface area contributed by atoms with Gasteiger partial charge in [0.15, 0.2) is 11.5 Å². The van der Waals surface area contributed by atoms with E-state index in [0.717, 1.165) is 28.5 Å². The highest BCUT2D eigenvalue weighted by atomic mass is 16.5. The Morgan fingerprint density at radius 3 is 2.78 bits per heavy atom. The summed E-state index contributed by atoms with van der Waals surface area (Å²) in [5.41, 5.74) is 1.05. The molecule has 0 atom stereocenters. The smallest absolute Gasteiger partial charge is 0.236 e. The van der Waals surface area contributed by atoms with Crippen LogP contribution in [0, 0.1) is 0 Å². The van der Waals surface area contributed by atoms with Gasteiger partial charge in [-0.15, -0.1) is 0 Å². The molecule has 2 N–H and O–H groups in total. The molecule has 0 fully saturated rings. The summed E-state index contributed by atoms with van der Waals surface area (Å²) >= 11 is 0. The topological polar surface area (TPSA) is 64.8 Å². The fourth-order valence-electron chi connectivity index (χ4n) is 1.79. The van der Waals surface area contributed by atoms with Crippen LogP contribution in [0.25, 0.3) is 0 Å². The summed E-state index contributed by atoms with van der Waals surface area (Å²) in [6.45, 7) is 1.35. The third-order valence-electron chi connectivity index (χ3n) is 2.83. The van der Waals surface area contributed by atoms with Crippen LogP contribution >= 0.6 is 0 Å². The summed E-state index contributed by atoms with van der Waals surface area (Å²) in [7, 11) is 1.55. The van der Waals surface area contributed by atoms with Crippen molar-refractivity contribution in [2.75, 3.05) is 20.3 Å². The van der Waals surface area contributed by atoms with Crippen LogP contribution in [0.5, 0.6) is 11.5 Å². The predicted molar refractivity (Wildman–Crippen MR) is 67.3 cm³/mol. The number of benzene rings is 1. The number of carbonyl (C=O) groups is 1. The summed E-state index contributed by atoms with van der Waals surface area (Å²) < 4.78 is 11.1. The van der Waals surface area contributed by atoms with E-state index in [1.807, 2.05) is 18.2 Å². The van der Waals surface area contributed by atoms with E-state index in [0.29, 0.717) is 26.1 Å². The zero-order valence-corrected chi connectivity index (χ0v) is 10.5. The van der Waals surface area contributed by atoms with Crippen LogP contribution < -0.4 is 15.3 Å². The van der Waals surface area contributed by atoms with E-state index in [1.165, 1.54) is 0 Å². The molecule has 0 saturated carbocycles. The van der Waals surface area contributed by atoms with Crippen LogP contribution in [0.2, 0.25) is 0 Å². The van der Waals surface area contributed by atoms with Crippen molar-refractivity contribution < 1.29 is 14.3 Å². The number of aryl methyl sites for hydroxylation is 1. The Balaban J connectivity index is 2.02.